The maximum absolute atomic E-state index is 12.9. The number of benzene rings is 2. The fourth-order valence-electron chi connectivity index (χ4n) is 3.21. The number of aliphatic hydroxyl groups is 1. The Bertz CT molecular complexity index is 800. The number of halogens is 2. The average Bonchev–Trinajstić information content (AvgIpc) is 2.86. The first-order valence-corrected chi connectivity index (χ1v) is 9.10. The zero-order valence-corrected chi connectivity index (χ0v) is 15.6. The molecule has 0 aromatic heterocycles. The van der Waals surface area contributed by atoms with Crippen molar-refractivity contribution in [3.63, 3.8) is 0 Å². The van der Waals surface area contributed by atoms with Crippen molar-refractivity contribution in [1.29, 1.82) is 0 Å². The molecule has 2 aromatic carbocycles. The lowest BCUT2D eigenvalue weighted by molar-refractivity contribution is -0.122. The van der Waals surface area contributed by atoms with Crippen LogP contribution in [0.15, 0.2) is 42.5 Å². The second-order valence-corrected chi connectivity index (χ2v) is 6.99. The van der Waals surface area contributed by atoms with Gasteiger partial charge in [0.15, 0.2) is 0 Å². The lowest BCUT2D eigenvalue weighted by Gasteiger charge is -2.29. The SMILES string of the molecule is O=C1Nc2cc(Cl)ccc2C1(Cc1cccc(Cl)c1)NCCOCCO. The number of hydrogen-bond acceptors (Lipinski definition) is 4. The Morgan fingerprint density at radius 2 is 1.92 bits per heavy atom. The molecule has 1 atom stereocenters. The second-order valence-electron chi connectivity index (χ2n) is 6.12. The molecule has 1 unspecified atom stereocenters. The maximum atomic E-state index is 12.9. The molecule has 26 heavy (non-hydrogen) atoms. The van der Waals surface area contributed by atoms with Crippen molar-refractivity contribution in [3.05, 3.63) is 63.6 Å². The number of rotatable bonds is 8. The van der Waals surface area contributed by atoms with Crippen LogP contribution in [0.25, 0.3) is 0 Å². The van der Waals surface area contributed by atoms with E-state index in [4.69, 9.17) is 33.0 Å². The molecule has 0 saturated heterocycles. The Morgan fingerprint density at radius 1 is 1.12 bits per heavy atom. The summed E-state index contributed by atoms with van der Waals surface area (Å²) >= 11 is 12.2. The van der Waals surface area contributed by atoms with Gasteiger partial charge in [0.05, 0.1) is 19.8 Å². The summed E-state index contributed by atoms with van der Waals surface area (Å²) in [6.45, 7) is 1.07. The maximum Gasteiger partial charge on any atom is 0.249 e. The van der Waals surface area contributed by atoms with Gasteiger partial charge < -0.3 is 15.2 Å². The molecule has 0 bridgehead atoms. The Kier molecular flexibility index (Phi) is 6.16. The summed E-state index contributed by atoms with van der Waals surface area (Å²) in [5.41, 5.74) is 1.55. The van der Waals surface area contributed by atoms with E-state index in [1.165, 1.54) is 0 Å². The van der Waals surface area contributed by atoms with Crippen LogP contribution in [0.2, 0.25) is 10.0 Å². The van der Waals surface area contributed by atoms with Gasteiger partial charge in [-0.2, -0.15) is 0 Å². The van der Waals surface area contributed by atoms with E-state index in [2.05, 4.69) is 10.6 Å². The summed E-state index contributed by atoms with van der Waals surface area (Å²) in [6, 6.07) is 12.9. The van der Waals surface area contributed by atoms with Crippen LogP contribution in [0.3, 0.4) is 0 Å². The number of amides is 1. The van der Waals surface area contributed by atoms with Gasteiger partial charge in [0, 0.05) is 34.3 Å². The largest absolute Gasteiger partial charge is 0.394 e. The highest BCUT2D eigenvalue weighted by Crippen LogP contribution is 2.40. The standard InChI is InChI=1S/C19H20Cl2N2O3/c20-14-3-1-2-13(10-14)12-19(22-6-8-26-9-7-24)16-5-4-15(21)11-17(16)23-18(19)25/h1-5,10-11,22,24H,6-9,12H2,(H,23,25). The third kappa shape index (κ3) is 4.03. The molecule has 5 nitrogen and oxygen atoms in total. The van der Waals surface area contributed by atoms with Gasteiger partial charge in [-0.05, 0) is 29.8 Å². The highest BCUT2D eigenvalue weighted by molar-refractivity contribution is 6.31. The summed E-state index contributed by atoms with van der Waals surface area (Å²) in [5, 5.41) is 16.3. The number of aliphatic hydroxyl groups excluding tert-OH is 1. The average molecular weight is 395 g/mol. The molecule has 3 N–H and O–H groups in total. The third-order valence-corrected chi connectivity index (χ3v) is 4.81. The van der Waals surface area contributed by atoms with Crippen LogP contribution in [-0.2, 0) is 21.5 Å². The Labute approximate surface area is 162 Å². The van der Waals surface area contributed by atoms with Gasteiger partial charge in [-0.3, -0.25) is 10.1 Å². The normalized spacial score (nSPS) is 18.7. The van der Waals surface area contributed by atoms with Crippen molar-refractivity contribution in [2.75, 3.05) is 31.7 Å². The smallest absolute Gasteiger partial charge is 0.249 e. The summed E-state index contributed by atoms with van der Waals surface area (Å²) in [6.07, 6.45) is 0.439. The highest BCUT2D eigenvalue weighted by Gasteiger charge is 2.46. The predicted molar refractivity (Wildman–Crippen MR) is 103 cm³/mol. The van der Waals surface area contributed by atoms with Crippen LogP contribution in [0.4, 0.5) is 5.69 Å². The van der Waals surface area contributed by atoms with Crippen LogP contribution in [-0.4, -0.2) is 37.4 Å². The highest BCUT2D eigenvalue weighted by atomic mass is 35.5. The molecule has 1 heterocycles. The van der Waals surface area contributed by atoms with Crippen molar-refractivity contribution >= 4 is 34.8 Å². The number of fused-ring (bicyclic) bond motifs is 1. The van der Waals surface area contributed by atoms with Gasteiger partial charge in [0.2, 0.25) is 5.91 Å². The van der Waals surface area contributed by atoms with Crippen LogP contribution in [0, 0.1) is 0 Å². The molecule has 1 aliphatic rings. The molecule has 7 heteroatoms. The second kappa shape index (κ2) is 8.37. The Morgan fingerprint density at radius 3 is 2.69 bits per heavy atom. The number of ether oxygens (including phenoxy) is 1. The van der Waals surface area contributed by atoms with Crippen molar-refractivity contribution in [1.82, 2.24) is 5.32 Å². The fourth-order valence-corrected chi connectivity index (χ4v) is 3.60. The van der Waals surface area contributed by atoms with Gasteiger partial charge >= 0.3 is 0 Å². The summed E-state index contributed by atoms with van der Waals surface area (Å²) < 4.78 is 5.31. The van der Waals surface area contributed by atoms with Crippen LogP contribution in [0.1, 0.15) is 11.1 Å². The summed E-state index contributed by atoms with van der Waals surface area (Å²) in [4.78, 5) is 12.9. The van der Waals surface area contributed by atoms with E-state index in [1.54, 1.807) is 18.2 Å². The lowest BCUT2D eigenvalue weighted by atomic mass is 9.84. The predicted octanol–water partition coefficient (Wildman–Crippen LogP) is 2.98. The van der Waals surface area contributed by atoms with Crippen LogP contribution in [0.5, 0.6) is 0 Å². The minimum Gasteiger partial charge on any atom is -0.394 e. The molecule has 3 rings (SSSR count). The van der Waals surface area contributed by atoms with E-state index in [1.807, 2.05) is 24.3 Å². The van der Waals surface area contributed by atoms with Gasteiger partial charge in [-0.1, -0.05) is 41.4 Å². The molecule has 138 valence electrons. The van der Waals surface area contributed by atoms with Gasteiger partial charge in [0.25, 0.3) is 0 Å². The molecular weight excluding hydrogens is 375 g/mol. The number of nitrogens with one attached hydrogen (secondary N) is 2. The molecular formula is C19H20Cl2N2O3. The van der Waals surface area contributed by atoms with E-state index >= 15 is 0 Å². The first-order valence-electron chi connectivity index (χ1n) is 8.35. The number of anilines is 1. The minimum atomic E-state index is -0.937. The third-order valence-electron chi connectivity index (χ3n) is 4.34. The fraction of sp³-hybridized carbons (Fsp3) is 0.316. The molecule has 1 amide bonds. The number of carbonyl (C=O) groups excluding carboxylic acids is 1. The first-order chi connectivity index (χ1) is 12.5. The zero-order valence-electron chi connectivity index (χ0n) is 14.1. The van der Waals surface area contributed by atoms with Crippen LogP contribution >= 0.6 is 23.2 Å². The van der Waals surface area contributed by atoms with Gasteiger partial charge in [-0.15, -0.1) is 0 Å². The van der Waals surface area contributed by atoms with Crippen LogP contribution < -0.4 is 10.6 Å². The molecule has 0 saturated carbocycles. The van der Waals surface area contributed by atoms with Crippen molar-refractivity contribution in [2.45, 2.75) is 12.0 Å². The molecule has 2 aromatic rings. The Hall–Kier alpha value is -1.63. The quantitative estimate of drug-likeness (QED) is 0.601. The van der Waals surface area contributed by atoms with E-state index in [0.717, 1.165) is 11.1 Å². The molecule has 1 aliphatic heterocycles. The van der Waals surface area contributed by atoms with Crippen molar-refractivity contribution in [3.8, 4) is 0 Å². The number of carbonyl (C=O) groups is 1. The van der Waals surface area contributed by atoms with Gasteiger partial charge in [-0.25, -0.2) is 0 Å². The minimum absolute atomic E-state index is 0.0323. The molecule has 0 fully saturated rings. The van der Waals surface area contributed by atoms with Gasteiger partial charge in [0.1, 0.15) is 5.54 Å². The first kappa shape index (κ1) is 19.1. The zero-order chi connectivity index (χ0) is 18.6. The summed E-state index contributed by atoms with van der Waals surface area (Å²) in [7, 11) is 0. The summed E-state index contributed by atoms with van der Waals surface area (Å²) in [5.74, 6) is -0.142. The molecule has 0 aliphatic carbocycles. The number of hydrogen-bond donors (Lipinski definition) is 3. The molecule has 0 spiro atoms. The van der Waals surface area contributed by atoms with E-state index in [9.17, 15) is 4.79 Å². The van der Waals surface area contributed by atoms with E-state index < -0.39 is 5.54 Å². The van der Waals surface area contributed by atoms with Crippen molar-refractivity contribution in [2.24, 2.45) is 0 Å². The lowest BCUT2D eigenvalue weighted by Crippen LogP contribution is -2.51. The molecule has 0 radical (unpaired) electrons. The van der Waals surface area contributed by atoms with Crippen molar-refractivity contribution < 1.29 is 14.6 Å². The Balaban J connectivity index is 1.91. The van der Waals surface area contributed by atoms with E-state index in [-0.39, 0.29) is 19.1 Å². The topological polar surface area (TPSA) is 70.6 Å². The monoisotopic (exact) mass is 394 g/mol. The van der Waals surface area contributed by atoms with E-state index in [0.29, 0.717) is 35.3 Å².